The van der Waals surface area contributed by atoms with Crippen LogP contribution in [0.4, 0.5) is 0 Å². The Bertz CT molecular complexity index is 534. The summed E-state index contributed by atoms with van der Waals surface area (Å²) < 4.78 is 2.06. The second kappa shape index (κ2) is 3.56. The number of thiazole rings is 1. The van der Waals surface area contributed by atoms with Crippen LogP contribution in [0.3, 0.4) is 0 Å². The third-order valence-electron chi connectivity index (χ3n) is 2.68. The normalized spacial score (nSPS) is 15.3. The molecular weight excluding hydrogens is 218 g/mol. The summed E-state index contributed by atoms with van der Waals surface area (Å²) in [4.78, 5) is 5.51. The van der Waals surface area contributed by atoms with Crippen LogP contribution in [0.15, 0.2) is 25.2 Å². The van der Waals surface area contributed by atoms with E-state index in [0.717, 1.165) is 16.1 Å². The largest absolute Gasteiger partial charge is 0.269 e. The number of allylic oxidation sites excluding steroid dienone is 1. The Kier molecular flexibility index (Phi) is 2.17. The minimum absolute atomic E-state index is 0.641. The predicted octanol–water partition coefficient (Wildman–Crippen LogP) is 3.37. The monoisotopic (exact) mass is 231 g/mol. The highest BCUT2D eigenvalue weighted by Crippen LogP contribution is 2.36. The van der Waals surface area contributed by atoms with Crippen LogP contribution < -0.4 is 0 Å². The van der Waals surface area contributed by atoms with Crippen molar-refractivity contribution in [2.75, 3.05) is 0 Å². The first-order valence-electron chi connectivity index (χ1n) is 5.40. The molecule has 4 heteroatoms. The molecule has 0 bridgehead atoms. The number of nitrogens with zero attached hydrogens (tertiary/aromatic N) is 3. The van der Waals surface area contributed by atoms with E-state index in [4.69, 9.17) is 0 Å². The van der Waals surface area contributed by atoms with E-state index in [1.165, 1.54) is 17.7 Å². The van der Waals surface area contributed by atoms with Gasteiger partial charge in [0.25, 0.3) is 0 Å². The highest BCUT2D eigenvalue weighted by molar-refractivity contribution is 7.16. The van der Waals surface area contributed by atoms with E-state index in [9.17, 15) is 0 Å². The molecule has 2 aromatic heterocycles. The fourth-order valence-electron chi connectivity index (χ4n) is 1.61. The molecule has 0 spiro atoms. The van der Waals surface area contributed by atoms with Gasteiger partial charge in [-0.05, 0) is 25.3 Å². The summed E-state index contributed by atoms with van der Waals surface area (Å²) >= 11 is 1.68. The van der Waals surface area contributed by atoms with Gasteiger partial charge in [-0.2, -0.15) is 5.10 Å². The Labute approximate surface area is 98.4 Å². The average Bonchev–Trinajstić information content (AvgIpc) is 2.83. The van der Waals surface area contributed by atoms with Gasteiger partial charge < -0.3 is 0 Å². The molecule has 0 atom stereocenters. The first kappa shape index (κ1) is 9.78. The molecule has 0 amide bonds. The van der Waals surface area contributed by atoms with E-state index in [0.29, 0.717) is 6.04 Å². The predicted molar refractivity (Wildman–Crippen MR) is 66.3 cm³/mol. The van der Waals surface area contributed by atoms with Gasteiger partial charge in [0.1, 0.15) is 5.01 Å². The molecule has 2 aromatic rings. The summed E-state index contributed by atoms with van der Waals surface area (Å²) in [6, 6.07) is 0.641. The molecule has 0 N–H and O–H groups in total. The van der Waals surface area contributed by atoms with Gasteiger partial charge in [0.2, 0.25) is 0 Å². The van der Waals surface area contributed by atoms with Gasteiger partial charge in [0.15, 0.2) is 0 Å². The maximum Gasteiger partial charge on any atom is 0.118 e. The summed E-state index contributed by atoms with van der Waals surface area (Å²) in [5, 5.41) is 5.39. The summed E-state index contributed by atoms with van der Waals surface area (Å²) in [6.07, 6.45) is 8.48. The molecule has 2 heterocycles. The van der Waals surface area contributed by atoms with Crippen LogP contribution in [-0.4, -0.2) is 14.8 Å². The van der Waals surface area contributed by atoms with Crippen LogP contribution in [-0.2, 0) is 0 Å². The summed E-state index contributed by atoms with van der Waals surface area (Å²) in [5.74, 6) is 0. The molecular formula is C12H13N3S. The zero-order chi connectivity index (χ0) is 11.1. The molecule has 0 radical (unpaired) electrons. The van der Waals surface area contributed by atoms with Crippen LogP contribution in [0.1, 0.15) is 30.8 Å². The Balaban J connectivity index is 1.91. The van der Waals surface area contributed by atoms with E-state index in [1.807, 2.05) is 19.3 Å². The maximum atomic E-state index is 4.38. The van der Waals surface area contributed by atoms with Crippen molar-refractivity contribution in [3.63, 3.8) is 0 Å². The lowest BCUT2D eigenvalue weighted by Crippen LogP contribution is -1.91. The minimum Gasteiger partial charge on any atom is -0.269 e. The second-order valence-corrected chi connectivity index (χ2v) is 5.28. The van der Waals surface area contributed by atoms with Crippen molar-refractivity contribution in [2.24, 2.45) is 0 Å². The van der Waals surface area contributed by atoms with Gasteiger partial charge in [0.05, 0.1) is 17.1 Å². The van der Waals surface area contributed by atoms with Crippen LogP contribution in [0, 0.1) is 0 Å². The van der Waals surface area contributed by atoms with Crippen LogP contribution in [0.25, 0.3) is 16.0 Å². The van der Waals surface area contributed by atoms with Crippen molar-refractivity contribution in [1.29, 1.82) is 0 Å². The molecule has 1 aliphatic carbocycles. The zero-order valence-corrected chi connectivity index (χ0v) is 10.00. The zero-order valence-electron chi connectivity index (χ0n) is 9.18. The fraction of sp³-hybridized carbons (Fsp3) is 0.333. The molecule has 3 nitrogen and oxygen atoms in total. The molecule has 3 rings (SSSR count). The molecule has 0 aromatic carbocycles. The SMILES string of the molecule is C=C(C)c1ncc(-c2cnn(C3CC3)c2)s1. The van der Waals surface area contributed by atoms with E-state index < -0.39 is 0 Å². The van der Waals surface area contributed by atoms with Crippen molar-refractivity contribution < 1.29 is 0 Å². The number of rotatable bonds is 3. The second-order valence-electron chi connectivity index (χ2n) is 4.25. The third kappa shape index (κ3) is 1.69. The molecule has 1 saturated carbocycles. The lowest BCUT2D eigenvalue weighted by Gasteiger charge is -1.93. The molecule has 16 heavy (non-hydrogen) atoms. The first-order chi connectivity index (χ1) is 7.74. The smallest absolute Gasteiger partial charge is 0.118 e. The molecule has 1 aliphatic rings. The van der Waals surface area contributed by atoms with Gasteiger partial charge >= 0.3 is 0 Å². The topological polar surface area (TPSA) is 30.7 Å². The summed E-state index contributed by atoms with van der Waals surface area (Å²) in [5.41, 5.74) is 2.18. The van der Waals surface area contributed by atoms with Crippen molar-refractivity contribution in [3.8, 4) is 10.4 Å². The molecule has 1 fully saturated rings. The standard InChI is InChI=1S/C12H13N3S/c1-8(2)12-13-6-11(16-12)9-5-14-15(7-9)10-3-4-10/h5-7,10H,1,3-4H2,2H3. The van der Waals surface area contributed by atoms with Crippen LogP contribution in [0.2, 0.25) is 0 Å². The van der Waals surface area contributed by atoms with Crippen LogP contribution >= 0.6 is 11.3 Å². The molecule has 0 unspecified atom stereocenters. The van der Waals surface area contributed by atoms with E-state index in [2.05, 4.69) is 27.5 Å². The van der Waals surface area contributed by atoms with Crippen molar-refractivity contribution in [1.82, 2.24) is 14.8 Å². The Hall–Kier alpha value is -1.42. The van der Waals surface area contributed by atoms with Gasteiger partial charge in [-0.25, -0.2) is 4.98 Å². The Morgan fingerprint density at radius 3 is 2.94 bits per heavy atom. The van der Waals surface area contributed by atoms with Gasteiger partial charge in [0, 0.05) is 18.0 Å². The third-order valence-corrected chi connectivity index (χ3v) is 3.89. The van der Waals surface area contributed by atoms with Gasteiger partial charge in [-0.15, -0.1) is 11.3 Å². The summed E-state index contributed by atoms with van der Waals surface area (Å²) in [6.45, 7) is 5.89. The highest BCUT2D eigenvalue weighted by atomic mass is 32.1. The average molecular weight is 231 g/mol. The van der Waals surface area contributed by atoms with Gasteiger partial charge in [-0.3, -0.25) is 4.68 Å². The molecule has 0 saturated heterocycles. The van der Waals surface area contributed by atoms with Crippen molar-refractivity contribution in [3.05, 3.63) is 30.2 Å². The van der Waals surface area contributed by atoms with Gasteiger partial charge in [-0.1, -0.05) is 6.58 Å². The van der Waals surface area contributed by atoms with Crippen molar-refractivity contribution >= 4 is 16.9 Å². The fourth-order valence-corrected chi connectivity index (χ4v) is 2.43. The Morgan fingerprint density at radius 2 is 2.31 bits per heavy atom. The van der Waals surface area contributed by atoms with Crippen molar-refractivity contribution in [2.45, 2.75) is 25.8 Å². The lowest BCUT2D eigenvalue weighted by atomic mass is 10.3. The lowest BCUT2D eigenvalue weighted by molar-refractivity contribution is 0.642. The van der Waals surface area contributed by atoms with E-state index in [-0.39, 0.29) is 0 Å². The minimum atomic E-state index is 0.641. The summed E-state index contributed by atoms with van der Waals surface area (Å²) in [7, 11) is 0. The first-order valence-corrected chi connectivity index (χ1v) is 6.22. The highest BCUT2D eigenvalue weighted by Gasteiger charge is 2.24. The number of hydrogen-bond acceptors (Lipinski definition) is 3. The number of hydrogen-bond donors (Lipinski definition) is 0. The number of aromatic nitrogens is 3. The van der Waals surface area contributed by atoms with E-state index in [1.54, 1.807) is 11.3 Å². The van der Waals surface area contributed by atoms with Crippen LogP contribution in [0.5, 0.6) is 0 Å². The molecule has 0 aliphatic heterocycles. The van der Waals surface area contributed by atoms with E-state index >= 15 is 0 Å². The Morgan fingerprint density at radius 1 is 1.50 bits per heavy atom. The maximum absolute atomic E-state index is 4.38. The molecule has 82 valence electrons. The quantitative estimate of drug-likeness (QED) is 0.810.